The van der Waals surface area contributed by atoms with E-state index in [-0.39, 0.29) is 12.0 Å². The van der Waals surface area contributed by atoms with Crippen molar-refractivity contribution < 1.29 is 14.3 Å². The van der Waals surface area contributed by atoms with Gasteiger partial charge in [0, 0.05) is 25.1 Å². The Morgan fingerprint density at radius 1 is 1.41 bits per heavy atom. The molecule has 1 amide bonds. The molecule has 0 radical (unpaired) electrons. The number of pyridine rings is 1. The molecule has 1 spiro atoms. The van der Waals surface area contributed by atoms with Crippen molar-refractivity contribution in [2.75, 3.05) is 13.2 Å². The van der Waals surface area contributed by atoms with Crippen LogP contribution in [0.3, 0.4) is 0 Å². The highest BCUT2D eigenvalue weighted by molar-refractivity contribution is 5.92. The molecule has 1 aliphatic carbocycles. The minimum Gasteiger partial charge on any atom is -0.348 e. The number of hydrogen-bond donors (Lipinski definition) is 1. The molecular weight excluding hydrogens is 280 g/mol. The SMILES string of the molecule is Cc1cccc(C(=O)NC[C@@H]2COC3(CCC(C)CC3)O2)n1. The molecule has 2 heterocycles. The largest absolute Gasteiger partial charge is 0.348 e. The van der Waals surface area contributed by atoms with Crippen LogP contribution in [-0.2, 0) is 9.47 Å². The molecule has 0 bridgehead atoms. The number of amides is 1. The van der Waals surface area contributed by atoms with Crippen LogP contribution in [-0.4, -0.2) is 35.9 Å². The third-order valence-corrected chi connectivity index (χ3v) is 4.56. The van der Waals surface area contributed by atoms with E-state index in [0.717, 1.165) is 37.3 Å². The second-order valence-electron chi connectivity index (χ2n) is 6.52. The summed E-state index contributed by atoms with van der Waals surface area (Å²) in [5.41, 5.74) is 1.28. The van der Waals surface area contributed by atoms with E-state index < -0.39 is 5.79 Å². The highest BCUT2D eigenvalue weighted by Crippen LogP contribution is 2.39. The third-order valence-electron chi connectivity index (χ3n) is 4.56. The summed E-state index contributed by atoms with van der Waals surface area (Å²) in [6, 6.07) is 5.43. The van der Waals surface area contributed by atoms with Gasteiger partial charge in [-0.2, -0.15) is 0 Å². The minimum absolute atomic E-state index is 0.0674. The summed E-state index contributed by atoms with van der Waals surface area (Å²) in [5, 5.41) is 2.89. The summed E-state index contributed by atoms with van der Waals surface area (Å²) in [6.07, 6.45) is 4.14. The molecule has 5 nitrogen and oxygen atoms in total. The molecule has 3 rings (SSSR count). The van der Waals surface area contributed by atoms with Gasteiger partial charge in [-0.05, 0) is 37.8 Å². The lowest BCUT2D eigenvalue weighted by Gasteiger charge is -2.34. The molecule has 22 heavy (non-hydrogen) atoms. The molecule has 0 unspecified atom stereocenters. The van der Waals surface area contributed by atoms with Crippen molar-refractivity contribution in [2.45, 2.75) is 51.4 Å². The standard InChI is InChI=1S/C17H24N2O3/c1-12-6-8-17(9-7-12)21-11-14(22-17)10-18-16(20)15-5-3-4-13(2)19-15/h3-5,12,14H,6-11H2,1-2H3,(H,18,20)/t12?,14-,17?/m1/s1. The second-order valence-corrected chi connectivity index (χ2v) is 6.52. The van der Waals surface area contributed by atoms with Gasteiger partial charge in [-0.25, -0.2) is 4.98 Å². The topological polar surface area (TPSA) is 60.5 Å². The lowest BCUT2D eigenvalue weighted by molar-refractivity contribution is -0.191. The fraction of sp³-hybridized carbons (Fsp3) is 0.647. The quantitative estimate of drug-likeness (QED) is 0.932. The summed E-state index contributed by atoms with van der Waals surface area (Å²) in [6.45, 7) is 5.16. The number of ether oxygens (including phenoxy) is 2. The summed E-state index contributed by atoms with van der Waals surface area (Å²) < 4.78 is 12.0. The number of nitrogens with zero attached hydrogens (tertiary/aromatic N) is 1. The lowest BCUT2D eigenvalue weighted by atomic mass is 9.86. The molecular formula is C17H24N2O3. The van der Waals surface area contributed by atoms with E-state index in [1.165, 1.54) is 0 Å². The van der Waals surface area contributed by atoms with Crippen LogP contribution >= 0.6 is 0 Å². The van der Waals surface area contributed by atoms with E-state index >= 15 is 0 Å². The van der Waals surface area contributed by atoms with Gasteiger partial charge in [0.15, 0.2) is 5.79 Å². The Morgan fingerprint density at radius 2 is 2.18 bits per heavy atom. The Balaban J connectivity index is 1.50. The van der Waals surface area contributed by atoms with Crippen molar-refractivity contribution in [3.8, 4) is 0 Å². The Bertz CT molecular complexity index is 538. The van der Waals surface area contributed by atoms with Crippen molar-refractivity contribution in [2.24, 2.45) is 5.92 Å². The Kier molecular flexibility index (Phi) is 4.45. The van der Waals surface area contributed by atoms with E-state index in [0.29, 0.717) is 18.8 Å². The van der Waals surface area contributed by atoms with Crippen molar-refractivity contribution in [1.82, 2.24) is 10.3 Å². The smallest absolute Gasteiger partial charge is 0.269 e. The van der Waals surface area contributed by atoms with Gasteiger partial charge in [-0.1, -0.05) is 13.0 Å². The van der Waals surface area contributed by atoms with Crippen LogP contribution in [0.25, 0.3) is 0 Å². The Hall–Kier alpha value is -1.46. The van der Waals surface area contributed by atoms with E-state index in [1.807, 2.05) is 19.1 Å². The molecule has 1 saturated heterocycles. The van der Waals surface area contributed by atoms with Gasteiger partial charge in [0.1, 0.15) is 11.8 Å². The van der Waals surface area contributed by atoms with Crippen LogP contribution in [0.15, 0.2) is 18.2 Å². The molecule has 2 aliphatic rings. The normalized spacial score (nSPS) is 31.4. The molecule has 1 aromatic rings. The van der Waals surface area contributed by atoms with Gasteiger partial charge < -0.3 is 14.8 Å². The van der Waals surface area contributed by atoms with E-state index in [4.69, 9.17) is 9.47 Å². The van der Waals surface area contributed by atoms with Crippen LogP contribution in [0, 0.1) is 12.8 Å². The number of rotatable bonds is 3. The summed E-state index contributed by atoms with van der Waals surface area (Å²) in [4.78, 5) is 16.3. The first-order valence-electron chi connectivity index (χ1n) is 8.10. The first-order valence-corrected chi connectivity index (χ1v) is 8.10. The van der Waals surface area contributed by atoms with Crippen molar-refractivity contribution >= 4 is 5.91 Å². The number of aromatic nitrogens is 1. The molecule has 1 aromatic heterocycles. The first-order chi connectivity index (χ1) is 10.6. The first kappa shape index (κ1) is 15.4. The van der Waals surface area contributed by atoms with Crippen LogP contribution < -0.4 is 5.32 Å². The highest BCUT2D eigenvalue weighted by Gasteiger charge is 2.43. The molecule has 5 heteroatoms. The van der Waals surface area contributed by atoms with Crippen LogP contribution in [0.4, 0.5) is 0 Å². The molecule has 120 valence electrons. The average Bonchev–Trinajstić information content (AvgIpc) is 2.91. The number of carbonyl (C=O) groups is 1. The Morgan fingerprint density at radius 3 is 2.91 bits per heavy atom. The van der Waals surface area contributed by atoms with E-state index in [2.05, 4.69) is 17.2 Å². The van der Waals surface area contributed by atoms with Gasteiger partial charge >= 0.3 is 0 Å². The van der Waals surface area contributed by atoms with Gasteiger partial charge in [0.05, 0.1) is 6.61 Å². The van der Waals surface area contributed by atoms with Gasteiger partial charge in [-0.15, -0.1) is 0 Å². The summed E-state index contributed by atoms with van der Waals surface area (Å²) in [7, 11) is 0. The molecule has 1 N–H and O–H groups in total. The molecule has 0 aromatic carbocycles. The van der Waals surface area contributed by atoms with Gasteiger partial charge in [0.2, 0.25) is 0 Å². The van der Waals surface area contributed by atoms with Crippen molar-refractivity contribution in [3.63, 3.8) is 0 Å². The van der Waals surface area contributed by atoms with Gasteiger partial charge in [0.25, 0.3) is 5.91 Å². The summed E-state index contributed by atoms with van der Waals surface area (Å²) in [5.74, 6) is 0.193. The van der Waals surface area contributed by atoms with Gasteiger partial charge in [-0.3, -0.25) is 4.79 Å². The number of aryl methyl sites for hydroxylation is 1. The van der Waals surface area contributed by atoms with E-state index in [9.17, 15) is 4.79 Å². The zero-order chi connectivity index (χ0) is 15.6. The predicted molar refractivity (Wildman–Crippen MR) is 82.5 cm³/mol. The predicted octanol–water partition coefficient (Wildman–Crippen LogP) is 2.44. The van der Waals surface area contributed by atoms with Crippen LogP contribution in [0.2, 0.25) is 0 Å². The lowest BCUT2D eigenvalue weighted by Crippen LogP contribution is -2.38. The zero-order valence-corrected chi connectivity index (χ0v) is 13.3. The van der Waals surface area contributed by atoms with Crippen molar-refractivity contribution in [3.05, 3.63) is 29.6 Å². The van der Waals surface area contributed by atoms with Crippen molar-refractivity contribution in [1.29, 1.82) is 0 Å². The highest BCUT2D eigenvalue weighted by atomic mass is 16.7. The zero-order valence-electron chi connectivity index (χ0n) is 13.3. The average molecular weight is 304 g/mol. The van der Waals surface area contributed by atoms with E-state index in [1.54, 1.807) is 6.07 Å². The number of nitrogens with one attached hydrogen (secondary N) is 1. The number of hydrogen-bond acceptors (Lipinski definition) is 4. The molecule has 2 fully saturated rings. The maximum Gasteiger partial charge on any atom is 0.269 e. The number of carbonyl (C=O) groups excluding carboxylic acids is 1. The van der Waals surface area contributed by atoms with Crippen LogP contribution in [0.5, 0.6) is 0 Å². The maximum atomic E-state index is 12.1. The molecule has 1 saturated carbocycles. The third kappa shape index (κ3) is 3.47. The summed E-state index contributed by atoms with van der Waals surface area (Å²) >= 11 is 0. The minimum atomic E-state index is -0.399. The fourth-order valence-electron chi connectivity index (χ4n) is 3.15. The van der Waals surface area contributed by atoms with Crippen LogP contribution in [0.1, 0.15) is 48.8 Å². The second kappa shape index (κ2) is 6.34. The maximum absolute atomic E-state index is 12.1. The monoisotopic (exact) mass is 304 g/mol. The fourth-order valence-corrected chi connectivity index (χ4v) is 3.15. The molecule has 1 aliphatic heterocycles. The Labute approximate surface area is 131 Å². The molecule has 1 atom stereocenters.